The minimum Gasteiger partial charge on any atom is -0.389 e. The molecule has 1 aliphatic rings. The average Bonchev–Trinajstić information content (AvgIpc) is 3.08. The molecule has 1 aromatic carbocycles. The predicted molar refractivity (Wildman–Crippen MR) is 91.1 cm³/mol. The van der Waals surface area contributed by atoms with E-state index >= 15 is 0 Å². The molecule has 0 aliphatic heterocycles. The number of carbonyl (C=O) groups excluding carboxylic acids is 1. The number of aliphatic hydroxyl groups excluding tert-OH is 1. The van der Waals surface area contributed by atoms with E-state index in [2.05, 4.69) is 24.8 Å². The first-order valence-corrected chi connectivity index (χ1v) is 8.31. The maximum Gasteiger partial charge on any atom is 0.246 e. The molecule has 1 aromatic rings. The standard InChI is InChI=1S/C19H27NO3/c1-3-19(22)20(13-18(21)14-23-2)12-15-7-6-10-17(11-15)16-8-4-5-9-16/h3,6-7,10-11,16,18,21H,1,4-5,8-9,12-14H2,2H3/t18-/m0/s1. The first-order chi connectivity index (χ1) is 11.1. The predicted octanol–water partition coefficient (Wildman–Crippen LogP) is 2.87. The summed E-state index contributed by atoms with van der Waals surface area (Å²) in [6, 6.07) is 8.47. The van der Waals surface area contributed by atoms with Crippen LogP contribution in [0.5, 0.6) is 0 Å². The summed E-state index contributed by atoms with van der Waals surface area (Å²) in [5.74, 6) is 0.476. The highest BCUT2D eigenvalue weighted by Gasteiger charge is 2.19. The molecule has 1 N–H and O–H groups in total. The van der Waals surface area contributed by atoms with Crippen molar-refractivity contribution in [1.82, 2.24) is 4.90 Å². The van der Waals surface area contributed by atoms with Gasteiger partial charge in [-0.15, -0.1) is 0 Å². The molecule has 4 nitrogen and oxygen atoms in total. The van der Waals surface area contributed by atoms with Crippen LogP contribution in [0.15, 0.2) is 36.9 Å². The van der Waals surface area contributed by atoms with Gasteiger partial charge in [-0.3, -0.25) is 4.79 Å². The lowest BCUT2D eigenvalue weighted by Crippen LogP contribution is -2.37. The molecule has 126 valence electrons. The summed E-state index contributed by atoms with van der Waals surface area (Å²) < 4.78 is 4.94. The molecule has 0 bridgehead atoms. The number of rotatable bonds is 8. The monoisotopic (exact) mass is 317 g/mol. The van der Waals surface area contributed by atoms with Crippen molar-refractivity contribution in [3.63, 3.8) is 0 Å². The van der Waals surface area contributed by atoms with E-state index in [9.17, 15) is 9.90 Å². The third-order valence-corrected chi connectivity index (χ3v) is 4.43. The van der Waals surface area contributed by atoms with Crippen LogP contribution < -0.4 is 0 Å². The topological polar surface area (TPSA) is 49.8 Å². The first-order valence-electron chi connectivity index (χ1n) is 8.31. The second-order valence-corrected chi connectivity index (χ2v) is 6.26. The third-order valence-electron chi connectivity index (χ3n) is 4.43. The van der Waals surface area contributed by atoms with Crippen LogP contribution in [0.2, 0.25) is 0 Å². The van der Waals surface area contributed by atoms with Gasteiger partial charge in [-0.2, -0.15) is 0 Å². The molecule has 0 unspecified atom stereocenters. The van der Waals surface area contributed by atoms with E-state index < -0.39 is 6.10 Å². The Bertz CT molecular complexity index is 523. The molecule has 0 radical (unpaired) electrons. The van der Waals surface area contributed by atoms with Gasteiger partial charge in [0.05, 0.1) is 12.7 Å². The zero-order valence-corrected chi connectivity index (χ0v) is 13.9. The Hall–Kier alpha value is -1.65. The van der Waals surface area contributed by atoms with Gasteiger partial charge >= 0.3 is 0 Å². The smallest absolute Gasteiger partial charge is 0.246 e. The van der Waals surface area contributed by atoms with Gasteiger partial charge in [0.15, 0.2) is 0 Å². The Morgan fingerprint density at radius 3 is 2.87 bits per heavy atom. The van der Waals surface area contributed by atoms with Crippen molar-refractivity contribution < 1.29 is 14.6 Å². The number of carbonyl (C=O) groups is 1. The second kappa shape index (κ2) is 8.85. The maximum absolute atomic E-state index is 12.1. The number of ether oxygens (including phenoxy) is 1. The number of amides is 1. The van der Waals surface area contributed by atoms with E-state index in [1.807, 2.05) is 6.07 Å². The van der Waals surface area contributed by atoms with E-state index in [-0.39, 0.29) is 19.1 Å². The molecule has 1 saturated carbocycles. The van der Waals surface area contributed by atoms with Crippen LogP contribution in [0, 0.1) is 0 Å². The van der Waals surface area contributed by atoms with Gasteiger partial charge in [-0.25, -0.2) is 0 Å². The molecule has 1 amide bonds. The van der Waals surface area contributed by atoms with Crippen LogP contribution in [0.25, 0.3) is 0 Å². The highest BCUT2D eigenvalue weighted by Crippen LogP contribution is 2.34. The molecule has 2 rings (SSSR count). The summed E-state index contributed by atoms with van der Waals surface area (Å²) in [6.45, 7) is 4.49. The van der Waals surface area contributed by atoms with Crippen molar-refractivity contribution in [3.8, 4) is 0 Å². The lowest BCUT2D eigenvalue weighted by molar-refractivity contribution is -0.128. The summed E-state index contributed by atoms with van der Waals surface area (Å²) in [5.41, 5.74) is 2.46. The molecule has 1 fully saturated rings. The van der Waals surface area contributed by atoms with Crippen LogP contribution in [0.4, 0.5) is 0 Å². The highest BCUT2D eigenvalue weighted by atomic mass is 16.5. The number of hydrogen-bond donors (Lipinski definition) is 1. The highest BCUT2D eigenvalue weighted by molar-refractivity contribution is 5.87. The van der Waals surface area contributed by atoms with Crippen molar-refractivity contribution in [2.45, 2.75) is 44.2 Å². The van der Waals surface area contributed by atoms with Crippen molar-refractivity contribution in [2.24, 2.45) is 0 Å². The summed E-state index contributed by atoms with van der Waals surface area (Å²) in [7, 11) is 1.54. The van der Waals surface area contributed by atoms with Gasteiger partial charge in [0.1, 0.15) is 0 Å². The average molecular weight is 317 g/mol. The number of nitrogens with zero attached hydrogens (tertiary/aromatic N) is 1. The third kappa shape index (κ3) is 5.19. The largest absolute Gasteiger partial charge is 0.389 e. The number of benzene rings is 1. The lowest BCUT2D eigenvalue weighted by Gasteiger charge is -2.24. The van der Waals surface area contributed by atoms with Crippen molar-refractivity contribution in [1.29, 1.82) is 0 Å². The fourth-order valence-electron chi connectivity index (χ4n) is 3.29. The Labute approximate surface area is 138 Å². The van der Waals surface area contributed by atoms with Gasteiger partial charge in [-0.1, -0.05) is 43.7 Å². The summed E-state index contributed by atoms with van der Waals surface area (Å²) in [4.78, 5) is 13.7. The van der Waals surface area contributed by atoms with Gasteiger partial charge in [0, 0.05) is 20.2 Å². The Kier molecular flexibility index (Phi) is 6.81. The van der Waals surface area contributed by atoms with E-state index in [0.29, 0.717) is 12.5 Å². The first kappa shape index (κ1) is 17.7. The summed E-state index contributed by atoms with van der Waals surface area (Å²) in [6.07, 6.45) is 5.72. The molecule has 4 heteroatoms. The number of hydrogen-bond acceptors (Lipinski definition) is 3. The molecule has 0 heterocycles. The van der Waals surface area contributed by atoms with Crippen molar-refractivity contribution >= 4 is 5.91 Å². The zero-order valence-electron chi connectivity index (χ0n) is 13.9. The number of aliphatic hydroxyl groups is 1. The van der Waals surface area contributed by atoms with Crippen LogP contribution >= 0.6 is 0 Å². The van der Waals surface area contributed by atoms with Crippen LogP contribution in [0.1, 0.15) is 42.7 Å². The van der Waals surface area contributed by atoms with Crippen molar-refractivity contribution in [2.75, 3.05) is 20.3 Å². The molecular formula is C19H27NO3. The van der Waals surface area contributed by atoms with Crippen LogP contribution in [0.3, 0.4) is 0 Å². The van der Waals surface area contributed by atoms with E-state index in [0.717, 1.165) is 5.56 Å². The van der Waals surface area contributed by atoms with E-state index in [1.54, 1.807) is 4.90 Å². The fraction of sp³-hybridized carbons (Fsp3) is 0.526. The Morgan fingerprint density at radius 2 is 2.22 bits per heavy atom. The fourth-order valence-corrected chi connectivity index (χ4v) is 3.29. The minimum absolute atomic E-state index is 0.175. The SMILES string of the molecule is C=CC(=O)N(Cc1cccc(C2CCCC2)c1)C[C@H](O)COC. The van der Waals surface area contributed by atoms with Crippen LogP contribution in [-0.4, -0.2) is 42.3 Å². The van der Waals surface area contributed by atoms with Crippen molar-refractivity contribution in [3.05, 3.63) is 48.0 Å². The van der Waals surface area contributed by atoms with Crippen LogP contribution in [-0.2, 0) is 16.1 Å². The minimum atomic E-state index is -0.693. The van der Waals surface area contributed by atoms with E-state index in [4.69, 9.17) is 4.74 Å². The Balaban J connectivity index is 2.07. The summed E-state index contributed by atoms with van der Waals surface area (Å²) >= 11 is 0. The summed E-state index contributed by atoms with van der Waals surface area (Å²) in [5, 5.41) is 9.92. The zero-order chi connectivity index (χ0) is 16.7. The second-order valence-electron chi connectivity index (χ2n) is 6.26. The molecule has 23 heavy (non-hydrogen) atoms. The molecule has 0 spiro atoms. The van der Waals surface area contributed by atoms with Gasteiger partial charge < -0.3 is 14.7 Å². The molecule has 0 saturated heterocycles. The maximum atomic E-state index is 12.1. The molecule has 0 aromatic heterocycles. The molecule has 1 aliphatic carbocycles. The van der Waals surface area contributed by atoms with Gasteiger partial charge in [0.25, 0.3) is 0 Å². The Morgan fingerprint density at radius 1 is 1.48 bits per heavy atom. The van der Waals surface area contributed by atoms with Gasteiger partial charge in [0.2, 0.25) is 5.91 Å². The molecular weight excluding hydrogens is 290 g/mol. The van der Waals surface area contributed by atoms with E-state index in [1.165, 1.54) is 44.4 Å². The number of methoxy groups -OCH3 is 1. The normalized spacial score (nSPS) is 16.3. The van der Waals surface area contributed by atoms with Gasteiger partial charge in [-0.05, 0) is 36.0 Å². The molecule has 1 atom stereocenters. The quantitative estimate of drug-likeness (QED) is 0.750. The lowest BCUT2D eigenvalue weighted by atomic mass is 9.96.